The van der Waals surface area contributed by atoms with E-state index in [0.717, 1.165) is 0 Å². The Balaban J connectivity index is 1.94. The molecule has 2 nitrogen and oxygen atoms in total. The maximum Gasteiger partial charge on any atom is 0.256 e. The van der Waals surface area contributed by atoms with Gasteiger partial charge in [-0.2, -0.15) is 0 Å². The molecular weight excluding hydrogens is 340 g/mol. The lowest BCUT2D eigenvalue weighted by Gasteiger charge is -2.05. The van der Waals surface area contributed by atoms with Crippen molar-refractivity contribution in [1.82, 2.24) is 4.57 Å². The molecule has 0 fully saturated rings. The first-order chi connectivity index (χ1) is 13.8. The molecule has 0 aromatic carbocycles. The SMILES string of the molecule is CCCCCCCCCCCCCCCCC[n+]1ccn(CCC)c1CCC. The molecule has 0 bridgehead atoms. The summed E-state index contributed by atoms with van der Waals surface area (Å²) in [4.78, 5) is 0. The molecule has 1 rings (SSSR count). The van der Waals surface area contributed by atoms with E-state index in [1.165, 1.54) is 134 Å². The third kappa shape index (κ3) is 11.9. The maximum atomic E-state index is 2.52. The van der Waals surface area contributed by atoms with Crippen LogP contribution >= 0.6 is 0 Å². The minimum absolute atomic E-state index is 1.17. The molecule has 0 saturated carbocycles. The molecule has 0 unspecified atom stereocenters. The number of aryl methyl sites for hydroxylation is 2. The van der Waals surface area contributed by atoms with Gasteiger partial charge in [0.1, 0.15) is 12.4 Å². The summed E-state index contributed by atoms with van der Waals surface area (Å²) in [6.45, 7) is 9.25. The van der Waals surface area contributed by atoms with Crippen LogP contribution < -0.4 is 4.57 Å². The second-order valence-corrected chi connectivity index (χ2v) is 8.80. The van der Waals surface area contributed by atoms with Gasteiger partial charge in [0.25, 0.3) is 5.82 Å². The first-order valence-electron chi connectivity index (χ1n) is 12.9. The average molecular weight is 392 g/mol. The Bertz CT molecular complexity index is 449. The second-order valence-electron chi connectivity index (χ2n) is 8.80. The fourth-order valence-electron chi connectivity index (χ4n) is 4.31. The summed E-state index contributed by atoms with van der Waals surface area (Å²) in [5, 5.41) is 0. The molecule has 2 heteroatoms. The Morgan fingerprint density at radius 1 is 0.607 bits per heavy atom. The lowest BCUT2D eigenvalue weighted by Crippen LogP contribution is -2.37. The number of aromatic nitrogens is 2. The predicted molar refractivity (Wildman–Crippen MR) is 124 cm³/mol. The Labute approximate surface area is 177 Å². The summed E-state index contributed by atoms with van der Waals surface area (Å²) < 4.78 is 4.98. The summed E-state index contributed by atoms with van der Waals surface area (Å²) >= 11 is 0. The minimum atomic E-state index is 1.17. The number of rotatable bonds is 20. The van der Waals surface area contributed by atoms with Crippen LogP contribution in [0.15, 0.2) is 12.4 Å². The fraction of sp³-hybridized carbons (Fsp3) is 0.885. The van der Waals surface area contributed by atoms with Crippen LogP contribution in [0.5, 0.6) is 0 Å². The van der Waals surface area contributed by atoms with E-state index in [-0.39, 0.29) is 0 Å². The van der Waals surface area contributed by atoms with Crippen molar-refractivity contribution in [1.29, 1.82) is 0 Å². The maximum absolute atomic E-state index is 2.52. The Morgan fingerprint density at radius 3 is 1.57 bits per heavy atom. The molecule has 1 heterocycles. The van der Waals surface area contributed by atoms with Crippen LogP contribution in [0.25, 0.3) is 0 Å². The van der Waals surface area contributed by atoms with Crippen molar-refractivity contribution in [2.45, 2.75) is 149 Å². The smallest absolute Gasteiger partial charge is 0.234 e. The van der Waals surface area contributed by atoms with E-state index in [2.05, 4.69) is 42.3 Å². The van der Waals surface area contributed by atoms with Crippen LogP contribution in [0.4, 0.5) is 0 Å². The van der Waals surface area contributed by atoms with Gasteiger partial charge in [-0.1, -0.05) is 104 Å². The highest BCUT2D eigenvalue weighted by molar-refractivity contribution is 4.83. The first-order valence-corrected chi connectivity index (χ1v) is 12.9. The lowest BCUT2D eigenvalue weighted by atomic mass is 10.0. The van der Waals surface area contributed by atoms with E-state index in [1.807, 2.05) is 0 Å². The minimum Gasteiger partial charge on any atom is -0.234 e. The van der Waals surface area contributed by atoms with E-state index >= 15 is 0 Å². The zero-order valence-corrected chi connectivity index (χ0v) is 19.7. The highest BCUT2D eigenvalue weighted by atomic mass is 15.1. The van der Waals surface area contributed by atoms with Crippen molar-refractivity contribution in [2.24, 2.45) is 0 Å². The molecule has 0 saturated heterocycles. The molecule has 0 atom stereocenters. The van der Waals surface area contributed by atoms with Crippen LogP contribution in [0, 0.1) is 0 Å². The van der Waals surface area contributed by atoms with Gasteiger partial charge in [0.15, 0.2) is 0 Å². The Morgan fingerprint density at radius 2 is 1.11 bits per heavy atom. The summed E-state index contributed by atoms with van der Waals surface area (Å²) in [7, 11) is 0. The van der Waals surface area contributed by atoms with Crippen LogP contribution in [0.3, 0.4) is 0 Å². The first kappa shape index (κ1) is 25.2. The van der Waals surface area contributed by atoms with E-state index in [9.17, 15) is 0 Å². The number of unbranched alkanes of at least 4 members (excludes halogenated alkanes) is 14. The van der Waals surface area contributed by atoms with E-state index in [1.54, 1.807) is 0 Å². The van der Waals surface area contributed by atoms with Crippen molar-refractivity contribution in [3.8, 4) is 0 Å². The van der Waals surface area contributed by atoms with E-state index in [0.29, 0.717) is 0 Å². The third-order valence-electron chi connectivity index (χ3n) is 6.03. The monoisotopic (exact) mass is 391 g/mol. The molecule has 0 aliphatic heterocycles. The molecular formula is C26H51N2+. The van der Waals surface area contributed by atoms with Gasteiger partial charge in [-0.05, 0) is 25.7 Å². The van der Waals surface area contributed by atoms with Gasteiger partial charge in [0, 0.05) is 6.42 Å². The molecule has 0 amide bonds. The topological polar surface area (TPSA) is 8.81 Å². The van der Waals surface area contributed by atoms with E-state index < -0.39 is 0 Å². The van der Waals surface area contributed by atoms with Gasteiger partial charge in [-0.3, -0.25) is 0 Å². The number of imidazole rings is 1. The zero-order valence-electron chi connectivity index (χ0n) is 19.7. The van der Waals surface area contributed by atoms with Crippen molar-refractivity contribution < 1.29 is 4.57 Å². The van der Waals surface area contributed by atoms with Crippen LogP contribution in [-0.2, 0) is 19.5 Å². The van der Waals surface area contributed by atoms with E-state index in [4.69, 9.17) is 0 Å². The Hall–Kier alpha value is -0.790. The molecule has 0 spiro atoms. The molecule has 0 aliphatic carbocycles. The molecule has 0 aliphatic rings. The summed E-state index contributed by atoms with van der Waals surface area (Å²) in [5.74, 6) is 1.54. The zero-order chi connectivity index (χ0) is 20.3. The largest absolute Gasteiger partial charge is 0.256 e. The van der Waals surface area contributed by atoms with Gasteiger partial charge < -0.3 is 0 Å². The van der Waals surface area contributed by atoms with Crippen LogP contribution in [0.1, 0.15) is 136 Å². The average Bonchev–Trinajstić information content (AvgIpc) is 3.07. The van der Waals surface area contributed by atoms with Crippen molar-refractivity contribution in [2.75, 3.05) is 0 Å². The lowest BCUT2D eigenvalue weighted by molar-refractivity contribution is -0.704. The molecule has 164 valence electrons. The fourth-order valence-corrected chi connectivity index (χ4v) is 4.31. The van der Waals surface area contributed by atoms with Gasteiger partial charge >= 0.3 is 0 Å². The molecule has 28 heavy (non-hydrogen) atoms. The van der Waals surface area contributed by atoms with Gasteiger partial charge in [0.05, 0.1) is 13.1 Å². The Kier molecular flexibility index (Phi) is 16.5. The van der Waals surface area contributed by atoms with Crippen LogP contribution in [0.2, 0.25) is 0 Å². The quantitative estimate of drug-likeness (QED) is 0.157. The molecule has 1 aromatic heterocycles. The van der Waals surface area contributed by atoms with Gasteiger partial charge in [-0.15, -0.1) is 0 Å². The highest BCUT2D eigenvalue weighted by Crippen LogP contribution is 2.13. The van der Waals surface area contributed by atoms with Crippen molar-refractivity contribution in [3.05, 3.63) is 18.2 Å². The molecule has 0 N–H and O–H groups in total. The number of hydrogen-bond acceptors (Lipinski definition) is 0. The molecule has 1 aromatic rings. The number of nitrogens with zero attached hydrogens (tertiary/aromatic N) is 2. The summed E-state index contributed by atoms with van der Waals surface area (Å²) in [6, 6.07) is 0. The van der Waals surface area contributed by atoms with Gasteiger partial charge in [-0.25, -0.2) is 9.13 Å². The van der Waals surface area contributed by atoms with Crippen LogP contribution in [-0.4, -0.2) is 4.57 Å². The second kappa shape index (κ2) is 18.3. The highest BCUT2D eigenvalue weighted by Gasteiger charge is 2.14. The normalized spacial score (nSPS) is 11.4. The predicted octanol–water partition coefficient (Wildman–Crippen LogP) is 8.01. The standard InChI is InChI=1S/C26H51N2/c1-4-7-8-9-10-11-12-13-14-15-16-17-18-19-20-23-28-25-24-27(22-6-3)26(28)21-5-2/h24-25H,4-23H2,1-3H3/q+1. The third-order valence-corrected chi connectivity index (χ3v) is 6.03. The van der Waals surface area contributed by atoms with Gasteiger partial charge in [0.2, 0.25) is 0 Å². The molecule has 0 radical (unpaired) electrons. The summed E-state index contributed by atoms with van der Waals surface area (Å²) in [5.41, 5.74) is 0. The van der Waals surface area contributed by atoms with Crippen molar-refractivity contribution in [3.63, 3.8) is 0 Å². The number of hydrogen-bond donors (Lipinski definition) is 0. The summed E-state index contributed by atoms with van der Waals surface area (Å²) in [6.07, 6.45) is 29.9. The van der Waals surface area contributed by atoms with Crippen molar-refractivity contribution >= 4 is 0 Å².